The largest absolute Gasteiger partial charge is 0.507 e. The van der Waals surface area contributed by atoms with Crippen molar-refractivity contribution in [3.8, 4) is 5.75 Å². The van der Waals surface area contributed by atoms with E-state index >= 15 is 0 Å². The third kappa shape index (κ3) is 6.74. The van der Waals surface area contributed by atoms with Gasteiger partial charge in [-0.1, -0.05) is 70.4 Å². The number of unbranched alkanes of at least 4 members (excludes halogenated alkanes) is 8. The Balaban J connectivity index is 1.69. The van der Waals surface area contributed by atoms with Crippen molar-refractivity contribution >= 4 is 16.8 Å². The van der Waals surface area contributed by atoms with Gasteiger partial charge in [0.1, 0.15) is 5.75 Å². The molecule has 0 bridgehead atoms. The van der Waals surface area contributed by atoms with E-state index in [9.17, 15) is 14.7 Å². The molecule has 0 fully saturated rings. The fraction of sp³-hybridized carbons (Fsp3) is 0.545. The minimum Gasteiger partial charge on any atom is -0.507 e. The summed E-state index contributed by atoms with van der Waals surface area (Å²) in [5.41, 5.74) is 0.279. The first-order chi connectivity index (χ1) is 13.1. The number of aromatic amines is 1. The van der Waals surface area contributed by atoms with Gasteiger partial charge in [0.05, 0.1) is 17.5 Å². The Morgan fingerprint density at radius 3 is 2.33 bits per heavy atom. The predicted octanol–water partition coefficient (Wildman–Crippen LogP) is 4.42. The van der Waals surface area contributed by atoms with Crippen LogP contribution in [0.1, 0.15) is 70.3 Å². The van der Waals surface area contributed by atoms with Gasteiger partial charge in [0, 0.05) is 11.9 Å². The number of pyridine rings is 1. The molecule has 1 heterocycles. The Morgan fingerprint density at radius 2 is 1.63 bits per heavy atom. The van der Waals surface area contributed by atoms with Crippen molar-refractivity contribution in [1.82, 2.24) is 10.3 Å². The number of fused-ring (bicyclic) bond motifs is 1. The maximum atomic E-state index is 12.1. The molecule has 1 aromatic heterocycles. The van der Waals surface area contributed by atoms with Crippen LogP contribution in [0.25, 0.3) is 10.9 Å². The van der Waals surface area contributed by atoms with E-state index in [2.05, 4.69) is 17.2 Å². The van der Waals surface area contributed by atoms with E-state index < -0.39 is 5.56 Å². The van der Waals surface area contributed by atoms with Crippen LogP contribution < -0.4 is 10.9 Å². The molecule has 0 atom stereocenters. The van der Waals surface area contributed by atoms with E-state index in [-0.39, 0.29) is 23.6 Å². The van der Waals surface area contributed by atoms with Crippen molar-refractivity contribution in [1.29, 1.82) is 0 Å². The lowest BCUT2D eigenvalue weighted by Crippen LogP contribution is -2.28. The molecule has 0 saturated carbocycles. The Morgan fingerprint density at radius 1 is 1.00 bits per heavy atom. The average Bonchev–Trinajstić information content (AvgIpc) is 2.66. The summed E-state index contributed by atoms with van der Waals surface area (Å²) >= 11 is 0. The first-order valence-corrected chi connectivity index (χ1v) is 10.2. The first kappa shape index (κ1) is 21.0. The summed E-state index contributed by atoms with van der Waals surface area (Å²) in [4.78, 5) is 27.0. The lowest BCUT2D eigenvalue weighted by Gasteiger charge is -2.08. The number of hydrogen-bond donors (Lipinski definition) is 3. The van der Waals surface area contributed by atoms with E-state index in [0.717, 1.165) is 12.8 Å². The molecule has 1 amide bonds. The molecule has 27 heavy (non-hydrogen) atoms. The van der Waals surface area contributed by atoms with E-state index in [1.807, 2.05) is 0 Å². The monoisotopic (exact) mass is 372 g/mol. The fourth-order valence-corrected chi connectivity index (χ4v) is 3.32. The van der Waals surface area contributed by atoms with Gasteiger partial charge in [0.15, 0.2) is 0 Å². The Labute approximate surface area is 161 Å². The molecule has 3 N–H and O–H groups in total. The van der Waals surface area contributed by atoms with Crippen LogP contribution in [-0.4, -0.2) is 22.5 Å². The highest BCUT2D eigenvalue weighted by molar-refractivity contribution is 5.88. The number of amides is 1. The minimum atomic E-state index is -0.413. The van der Waals surface area contributed by atoms with Gasteiger partial charge in [-0.3, -0.25) is 9.59 Å². The van der Waals surface area contributed by atoms with Gasteiger partial charge < -0.3 is 15.4 Å². The molecule has 148 valence electrons. The van der Waals surface area contributed by atoms with Crippen molar-refractivity contribution in [2.24, 2.45) is 0 Å². The van der Waals surface area contributed by atoms with Gasteiger partial charge in [0.25, 0.3) is 5.56 Å². The molecule has 0 aliphatic carbocycles. The van der Waals surface area contributed by atoms with Crippen LogP contribution in [0.2, 0.25) is 0 Å². The summed E-state index contributed by atoms with van der Waals surface area (Å²) < 4.78 is 0. The minimum absolute atomic E-state index is 0.104. The fourth-order valence-electron chi connectivity index (χ4n) is 3.32. The number of H-pyrrole nitrogens is 1. The van der Waals surface area contributed by atoms with Crippen molar-refractivity contribution < 1.29 is 9.90 Å². The molecule has 0 aliphatic heterocycles. The first-order valence-electron chi connectivity index (χ1n) is 10.2. The summed E-state index contributed by atoms with van der Waals surface area (Å²) in [5, 5.41) is 13.7. The average molecular weight is 373 g/mol. The number of carbonyl (C=O) groups is 1. The topological polar surface area (TPSA) is 82.2 Å². The van der Waals surface area contributed by atoms with Gasteiger partial charge in [-0.05, 0) is 18.6 Å². The second-order valence-electron chi connectivity index (χ2n) is 7.18. The van der Waals surface area contributed by atoms with Gasteiger partial charge in [-0.25, -0.2) is 0 Å². The van der Waals surface area contributed by atoms with E-state index in [0.29, 0.717) is 17.4 Å². The zero-order valence-electron chi connectivity index (χ0n) is 16.4. The van der Waals surface area contributed by atoms with Crippen LogP contribution in [-0.2, 0) is 11.2 Å². The number of carbonyl (C=O) groups excluding carboxylic acids is 1. The molecule has 2 rings (SSSR count). The molecule has 0 spiro atoms. The summed E-state index contributed by atoms with van der Waals surface area (Å²) in [6.45, 7) is 2.84. The van der Waals surface area contributed by atoms with Crippen LogP contribution in [0.4, 0.5) is 0 Å². The lowest BCUT2D eigenvalue weighted by atomic mass is 10.1. The number of para-hydroxylation sites is 1. The standard InChI is InChI=1S/C22H32N2O3/c1-2-3-4-5-6-7-8-9-12-15-23-20(25)16-18-21(26)17-13-10-11-14-19(17)24-22(18)27/h10-11,13-14H,2-9,12,15-16H2,1H3,(H,23,25)(H2,24,26,27). The van der Waals surface area contributed by atoms with Crippen LogP contribution in [0.5, 0.6) is 5.75 Å². The Hall–Kier alpha value is -2.30. The maximum Gasteiger partial charge on any atom is 0.255 e. The van der Waals surface area contributed by atoms with Crippen LogP contribution in [0.3, 0.4) is 0 Å². The second-order valence-corrected chi connectivity index (χ2v) is 7.18. The normalized spacial score (nSPS) is 11.0. The number of benzene rings is 1. The van der Waals surface area contributed by atoms with Gasteiger partial charge in [-0.2, -0.15) is 0 Å². The number of aromatic nitrogens is 1. The van der Waals surface area contributed by atoms with Crippen LogP contribution >= 0.6 is 0 Å². The Kier molecular flexibility index (Phi) is 8.89. The summed E-state index contributed by atoms with van der Waals surface area (Å²) in [6.07, 6.45) is 11.0. The molecule has 0 aliphatic rings. The number of rotatable bonds is 12. The Bertz CT molecular complexity index is 783. The molecule has 0 radical (unpaired) electrons. The highest BCUT2D eigenvalue weighted by atomic mass is 16.3. The number of nitrogens with one attached hydrogen (secondary N) is 2. The van der Waals surface area contributed by atoms with Crippen molar-refractivity contribution in [2.45, 2.75) is 71.1 Å². The molecular formula is C22H32N2O3. The summed E-state index contributed by atoms with van der Waals surface area (Å²) in [7, 11) is 0. The molecule has 0 unspecified atom stereocenters. The lowest BCUT2D eigenvalue weighted by molar-refractivity contribution is -0.120. The third-order valence-electron chi connectivity index (χ3n) is 4.93. The van der Waals surface area contributed by atoms with Gasteiger partial charge in [-0.15, -0.1) is 0 Å². The molecule has 2 aromatic rings. The molecule has 5 heteroatoms. The highest BCUT2D eigenvalue weighted by Crippen LogP contribution is 2.24. The number of hydrogen-bond acceptors (Lipinski definition) is 3. The van der Waals surface area contributed by atoms with E-state index in [1.54, 1.807) is 24.3 Å². The molecular weight excluding hydrogens is 340 g/mol. The quantitative estimate of drug-likeness (QED) is 0.482. The van der Waals surface area contributed by atoms with Crippen molar-refractivity contribution in [2.75, 3.05) is 6.54 Å². The highest BCUT2D eigenvalue weighted by Gasteiger charge is 2.14. The molecule has 1 aromatic carbocycles. The van der Waals surface area contributed by atoms with E-state index in [4.69, 9.17) is 0 Å². The van der Waals surface area contributed by atoms with Crippen LogP contribution in [0, 0.1) is 0 Å². The zero-order valence-corrected chi connectivity index (χ0v) is 16.4. The molecule has 0 saturated heterocycles. The third-order valence-corrected chi connectivity index (χ3v) is 4.93. The zero-order chi connectivity index (χ0) is 19.5. The van der Waals surface area contributed by atoms with Gasteiger partial charge >= 0.3 is 0 Å². The van der Waals surface area contributed by atoms with Gasteiger partial charge in [0.2, 0.25) is 5.91 Å². The predicted molar refractivity (Wildman–Crippen MR) is 110 cm³/mol. The SMILES string of the molecule is CCCCCCCCCCCNC(=O)Cc1c(O)c2ccccc2[nH]c1=O. The number of aromatic hydroxyl groups is 1. The van der Waals surface area contributed by atoms with Crippen molar-refractivity contribution in [3.63, 3.8) is 0 Å². The summed E-state index contributed by atoms with van der Waals surface area (Å²) in [5.74, 6) is -0.335. The van der Waals surface area contributed by atoms with Crippen LogP contribution in [0.15, 0.2) is 29.1 Å². The van der Waals surface area contributed by atoms with Crippen molar-refractivity contribution in [3.05, 3.63) is 40.2 Å². The molecule has 5 nitrogen and oxygen atoms in total. The smallest absolute Gasteiger partial charge is 0.255 e. The maximum absolute atomic E-state index is 12.1. The van der Waals surface area contributed by atoms with E-state index in [1.165, 1.54) is 44.9 Å². The summed E-state index contributed by atoms with van der Waals surface area (Å²) in [6, 6.07) is 7.03. The second kappa shape index (κ2) is 11.4.